The predicted molar refractivity (Wildman–Crippen MR) is 197 cm³/mol. The van der Waals surface area contributed by atoms with Crippen LogP contribution >= 0.6 is 22.7 Å². The first-order valence-corrected chi connectivity index (χ1v) is 18.2. The van der Waals surface area contributed by atoms with Crippen LogP contribution in [-0.2, 0) is 12.8 Å². The molecule has 4 N–H and O–H groups in total. The Morgan fingerprint density at radius 2 is 2.02 bits per heavy atom. The molecule has 0 bridgehead atoms. The van der Waals surface area contributed by atoms with E-state index in [2.05, 4.69) is 42.2 Å². The Morgan fingerprint density at radius 3 is 2.82 bits per heavy atom. The van der Waals surface area contributed by atoms with Gasteiger partial charge in [0, 0.05) is 28.1 Å². The number of carboxylic acid groups (broad SMARTS) is 1. The number of aryl methyl sites for hydroxylation is 1. The van der Waals surface area contributed by atoms with Crippen molar-refractivity contribution >= 4 is 60.8 Å². The molecule has 14 heteroatoms. The number of fused-ring (bicyclic) bond motifs is 2. The van der Waals surface area contributed by atoms with Gasteiger partial charge >= 0.3 is 5.97 Å². The van der Waals surface area contributed by atoms with Crippen molar-refractivity contribution in [2.45, 2.75) is 45.4 Å². The maximum absolute atomic E-state index is 14.8. The van der Waals surface area contributed by atoms with Gasteiger partial charge in [0.1, 0.15) is 0 Å². The highest BCUT2D eigenvalue weighted by molar-refractivity contribution is 7.22. The summed E-state index contributed by atoms with van der Waals surface area (Å²) in [6.45, 7) is 5.05. The van der Waals surface area contributed by atoms with Crippen LogP contribution in [0.5, 0.6) is 5.75 Å². The van der Waals surface area contributed by atoms with Crippen molar-refractivity contribution in [3.8, 4) is 17.6 Å². The second kappa shape index (κ2) is 16.4. The minimum absolute atomic E-state index is 0.00932. The van der Waals surface area contributed by atoms with Crippen LogP contribution in [0.3, 0.4) is 0 Å². The molecule has 0 saturated heterocycles. The molecule has 0 saturated carbocycles. The van der Waals surface area contributed by atoms with Crippen molar-refractivity contribution in [3.63, 3.8) is 0 Å². The van der Waals surface area contributed by atoms with E-state index < -0.39 is 11.8 Å². The highest BCUT2D eigenvalue weighted by atomic mass is 32.1. The average Bonchev–Trinajstić information content (AvgIpc) is 3.73. The van der Waals surface area contributed by atoms with Gasteiger partial charge in [-0.05, 0) is 95.9 Å². The van der Waals surface area contributed by atoms with Gasteiger partial charge in [-0.15, -0.1) is 21.5 Å². The maximum atomic E-state index is 14.8. The van der Waals surface area contributed by atoms with E-state index in [0.717, 1.165) is 58.7 Å². The van der Waals surface area contributed by atoms with Crippen molar-refractivity contribution in [1.29, 1.82) is 0 Å². The first-order chi connectivity index (χ1) is 24.3. The molecule has 0 spiro atoms. The quantitative estimate of drug-likeness (QED) is 0.0852. The van der Waals surface area contributed by atoms with Crippen molar-refractivity contribution in [3.05, 3.63) is 75.5 Å². The first-order valence-electron chi connectivity index (χ1n) is 16.6. The number of nitrogens with two attached hydrogens (primary N) is 1. The summed E-state index contributed by atoms with van der Waals surface area (Å²) in [6, 6.07) is 12.6. The maximum Gasteiger partial charge on any atom is 0.355 e. The van der Waals surface area contributed by atoms with E-state index in [0.29, 0.717) is 59.7 Å². The minimum atomic E-state index is -1.09. The number of benzene rings is 2. The van der Waals surface area contributed by atoms with Crippen LogP contribution < -0.4 is 20.7 Å². The van der Waals surface area contributed by atoms with Crippen molar-refractivity contribution in [2.75, 3.05) is 50.1 Å². The molecule has 2 aromatic carbocycles. The van der Waals surface area contributed by atoms with Gasteiger partial charge in [0.05, 0.1) is 23.4 Å². The number of para-hydroxylation sites is 1. The smallest absolute Gasteiger partial charge is 0.355 e. The largest absolute Gasteiger partial charge is 0.491 e. The molecule has 11 nitrogen and oxygen atoms in total. The van der Waals surface area contributed by atoms with E-state index in [4.69, 9.17) is 10.5 Å². The van der Waals surface area contributed by atoms with Crippen LogP contribution in [0.2, 0.25) is 0 Å². The molecular weight excluding hydrogens is 676 g/mol. The molecule has 50 heavy (non-hydrogen) atoms. The van der Waals surface area contributed by atoms with Gasteiger partial charge < -0.3 is 25.8 Å². The van der Waals surface area contributed by atoms with Gasteiger partial charge in [0.15, 0.2) is 39.2 Å². The summed E-state index contributed by atoms with van der Waals surface area (Å²) in [7, 11) is 2.00. The van der Waals surface area contributed by atoms with Gasteiger partial charge in [0.2, 0.25) is 0 Å². The van der Waals surface area contributed by atoms with Crippen LogP contribution in [0, 0.1) is 24.6 Å². The van der Waals surface area contributed by atoms with Crippen LogP contribution in [-0.4, -0.2) is 76.0 Å². The number of ether oxygens (including phenoxy) is 1. The third kappa shape index (κ3) is 8.36. The summed E-state index contributed by atoms with van der Waals surface area (Å²) < 4.78 is 21.6. The lowest BCUT2D eigenvalue weighted by Crippen LogP contribution is -2.27. The summed E-state index contributed by atoms with van der Waals surface area (Å²) in [5, 5.41) is 23.7. The van der Waals surface area contributed by atoms with Crippen LogP contribution in [0.4, 0.5) is 26.3 Å². The Morgan fingerprint density at radius 1 is 1.16 bits per heavy atom. The summed E-state index contributed by atoms with van der Waals surface area (Å²) in [5.41, 5.74) is 9.07. The SMILES string of the molecule is Cc1c(Nc2nc3ccccc3s2)nnc2c1CCCN2c1nc(C(=O)O)c(CCCOc2ccc(C#CCN(C)CCCCN)cc2F)s1. The summed E-state index contributed by atoms with van der Waals surface area (Å²) in [5.74, 6) is 5.96. The van der Waals surface area contributed by atoms with Crippen molar-refractivity contribution in [1.82, 2.24) is 25.1 Å². The molecule has 260 valence electrons. The first kappa shape index (κ1) is 35.2. The van der Waals surface area contributed by atoms with Gasteiger partial charge in [0.25, 0.3) is 0 Å². The molecule has 3 aromatic heterocycles. The molecule has 0 unspecified atom stereocenters. The van der Waals surface area contributed by atoms with Gasteiger partial charge in [-0.25, -0.2) is 19.2 Å². The van der Waals surface area contributed by atoms with E-state index in [1.165, 1.54) is 17.4 Å². The zero-order valence-electron chi connectivity index (χ0n) is 28.0. The zero-order chi connectivity index (χ0) is 35.0. The van der Waals surface area contributed by atoms with E-state index >= 15 is 0 Å². The number of anilines is 4. The summed E-state index contributed by atoms with van der Waals surface area (Å²) >= 11 is 2.88. The predicted octanol–water partition coefficient (Wildman–Crippen LogP) is 6.55. The number of rotatable bonds is 14. The molecule has 1 aliphatic heterocycles. The van der Waals surface area contributed by atoms with Crippen LogP contribution in [0.25, 0.3) is 10.2 Å². The van der Waals surface area contributed by atoms with Gasteiger partial charge in [-0.2, -0.15) is 0 Å². The fraction of sp³-hybridized carbons (Fsp3) is 0.361. The highest BCUT2D eigenvalue weighted by Gasteiger charge is 2.28. The lowest BCUT2D eigenvalue weighted by molar-refractivity contribution is 0.0690. The van der Waals surface area contributed by atoms with E-state index in [9.17, 15) is 14.3 Å². The number of hydrogen-bond acceptors (Lipinski definition) is 12. The number of unbranched alkanes of at least 4 members (excludes halogenated alkanes) is 1. The minimum Gasteiger partial charge on any atom is -0.491 e. The molecule has 0 radical (unpaired) electrons. The second-order valence-corrected chi connectivity index (χ2v) is 14.1. The summed E-state index contributed by atoms with van der Waals surface area (Å²) in [4.78, 5) is 26.1. The molecule has 0 atom stereocenters. The fourth-order valence-corrected chi connectivity index (χ4v) is 7.68. The third-order valence-electron chi connectivity index (χ3n) is 8.34. The number of carboxylic acids is 1. The Hall–Kier alpha value is -4.68. The number of hydrogen-bond donors (Lipinski definition) is 3. The lowest BCUT2D eigenvalue weighted by Gasteiger charge is -2.28. The molecule has 6 rings (SSSR count). The number of thiazole rings is 2. The highest BCUT2D eigenvalue weighted by Crippen LogP contribution is 2.39. The fourth-order valence-electron chi connectivity index (χ4n) is 5.69. The number of halogens is 1. The Labute approximate surface area is 298 Å². The molecule has 0 aliphatic carbocycles. The second-order valence-electron chi connectivity index (χ2n) is 12.0. The Kier molecular flexibility index (Phi) is 11.5. The normalized spacial score (nSPS) is 12.5. The van der Waals surface area contributed by atoms with E-state index in [1.54, 1.807) is 23.5 Å². The lowest BCUT2D eigenvalue weighted by atomic mass is 10.0. The Balaban J connectivity index is 1.08. The molecule has 0 amide bonds. The molecular formula is C36H39FN8O3S2. The van der Waals surface area contributed by atoms with Crippen molar-refractivity contribution < 1.29 is 19.0 Å². The Bertz CT molecular complexity index is 2010. The zero-order valence-corrected chi connectivity index (χ0v) is 29.7. The average molecular weight is 715 g/mol. The van der Waals surface area contributed by atoms with Crippen molar-refractivity contribution in [2.24, 2.45) is 5.73 Å². The molecule has 1 aliphatic rings. The monoisotopic (exact) mass is 714 g/mol. The molecule has 0 fully saturated rings. The van der Waals surface area contributed by atoms with E-state index in [-0.39, 0.29) is 18.1 Å². The number of nitrogens with zero attached hydrogens (tertiary/aromatic N) is 6. The van der Waals surface area contributed by atoms with Crippen LogP contribution in [0.15, 0.2) is 42.5 Å². The number of carbonyl (C=O) groups is 1. The van der Waals surface area contributed by atoms with E-state index in [1.807, 2.05) is 43.1 Å². The number of nitrogens with one attached hydrogen (secondary N) is 1. The number of aromatic carboxylic acids is 1. The third-order valence-corrected chi connectivity index (χ3v) is 10.4. The number of aromatic nitrogens is 4. The van der Waals surface area contributed by atoms with Gasteiger partial charge in [-0.1, -0.05) is 35.3 Å². The standard InChI is InChI=1S/C36H39FN8O3S2/c1-23-25-11-8-20-45(33(25)43-42-32(23)41-35-39-27-12-3-4-13-29(27)49-35)36-40-31(34(46)47)30(50-36)14-9-21-48-28-16-15-24(22-26(28)37)10-7-19-44(2)18-6-5-17-38/h3-4,12-13,15-16,22H,5-6,8-9,11,14,17-21,38H2,1-2H3,(H,46,47)(H,39,41,42). The van der Waals surface area contributed by atoms with Crippen LogP contribution in [0.1, 0.15) is 57.7 Å². The molecule has 4 heterocycles. The molecule has 5 aromatic rings. The van der Waals surface area contributed by atoms with Gasteiger partial charge in [-0.3, -0.25) is 4.90 Å². The topological polar surface area (TPSA) is 143 Å². The summed E-state index contributed by atoms with van der Waals surface area (Å²) in [6.07, 6.45) is 4.57.